The minimum atomic E-state index is 0.0526. The van der Waals surface area contributed by atoms with Crippen LogP contribution in [0.1, 0.15) is 47.5 Å². The van der Waals surface area contributed by atoms with Crippen molar-refractivity contribution in [1.29, 1.82) is 0 Å². The van der Waals surface area contributed by atoms with Crippen LogP contribution in [0.4, 0.5) is 0 Å². The number of hydrogen-bond donors (Lipinski definition) is 2. The Balaban J connectivity index is 4.01. The highest BCUT2D eigenvalue weighted by atomic mass is 16.1. The normalized spacial score (nSPS) is 14.9. The average Bonchev–Trinajstić information content (AvgIpc) is 2.27. The van der Waals surface area contributed by atoms with Crippen molar-refractivity contribution in [2.24, 2.45) is 11.8 Å². The summed E-state index contributed by atoms with van der Waals surface area (Å²) in [6, 6.07) is 0.284. The summed E-state index contributed by atoms with van der Waals surface area (Å²) in [5.41, 5.74) is 0. The molecule has 0 saturated heterocycles. The van der Waals surface area contributed by atoms with Crippen molar-refractivity contribution in [2.45, 2.75) is 53.5 Å². The second-order valence-corrected chi connectivity index (χ2v) is 4.58. The summed E-state index contributed by atoms with van der Waals surface area (Å²) < 4.78 is 0. The van der Waals surface area contributed by atoms with Crippen LogP contribution in [-0.2, 0) is 4.79 Å². The van der Waals surface area contributed by atoms with Crippen LogP contribution >= 0.6 is 0 Å². The maximum absolute atomic E-state index is 11.8. The van der Waals surface area contributed by atoms with Crippen LogP contribution in [0.25, 0.3) is 0 Å². The number of hydrogen-bond acceptors (Lipinski definition) is 2. The van der Waals surface area contributed by atoms with Gasteiger partial charge in [0, 0.05) is 18.5 Å². The molecule has 2 unspecified atom stereocenters. The molecule has 0 aromatic carbocycles. The molecule has 0 spiro atoms. The lowest BCUT2D eigenvalue weighted by Gasteiger charge is -2.24. The third kappa shape index (κ3) is 5.50. The monoisotopic (exact) mass is 228 g/mol. The minimum absolute atomic E-state index is 0.0526. The molecular formula is C13H28N2O. The fourth-order valence-electron chi connectivity index (χ4n) is 1.93. The lowest BCUT2D eigenvalue weighted by atomic mass is 9.95. The van der Waals surface area contributed by atoms with Gasteiger partial charge in [-0.1, -0.05) is 40.5 Å². The van der Waals surface area contributed by atoms with Gasteiger partial charge in [-0.25, -0.2) is 0 Å². The first kappa shape index (κ1) is 15.4. The number of rotatable bonds is 8. The molecule has 1 amide bonds. The van der Waals surface area contributed by atoms with Crippen LogP contribution in [-0.4, -0.2) is 25.0 Å². The average molecular weight is 228 g/mol. The van der Waals surface area contributed by atoms with Crippen LogP contribution < -0.4 is 10.6 Å². The van der Waals surface area contributed by atoms with Gasteiger partial charge in [-0.15, -0.1) is 0 Å². The fourth-order valence-corrected chi connectivity index (χ4v) is 1.93. The maximum Gasteiger partial charge on any atom is 0.224 e. The summed E-state index contributed by atoms with van der Waals surface area (Å²) in [4.78, 5) is 11.8. The fraction of sp³-hybridized carbons (Fsp3) is 0.923. The second kappa shape index (κ2) is 8.57. The van der Waals surface area contributed by atoms with E-state index in [1.54, 1.807) is 0 Å². The van der Waals surface area contributed by atoms with Gasteiger partial charge in [-0.3, -0.25) is 4.79 Å². The summed E-state index contributed by atoms with van der Waals surface area (Å²) in [6.45, 7) is 12.2. The van der Waals surface area contributed by atoms with Crippen LogP contribution in [0.15, 0.2) is 0 Å². The highest BCUT2D eigenvalue weighted by molar-refractivity contribution is 5.78. The first-order chi connectivity index (χ1) is 7.56. The molecule has 0 saturated carbocycles. The van der Waals surface area contributed by atoms with Gasteiger partial charge >= 0.3 is 0 Å². The van der Waals surface area contributed by atoms with E-state index in [1.165, 1.54) is 0 Å². The van der Waals surface area contributed by atoms with E-state index in [0.717, 1.165) is 25.9 Å². The van der Waals surface area contributed by atoms with Crippen molar-refractivity contribution in [3.05, 3.63) is 0 Å². The van der Waals surface area contributed by atoms with E-state index in [0.29, 0.717) is 5.92 Å². The van der Waals surface area contributed by atoms with E-state index in [1.807, 2.05) is 6.92 Å². The smallest absolute Gasteiger partial charge is 0.224 e. The molecule has 0 radical (unpaired) electrons. The Morgan fingerprint density at radius 1 is 1.12 bits per heavy atom. The predicted molar refractivity (Wildman–Crippen MR) is 69.4 cm³/mol. The van der Waals surface area contributed by atoms with Crippen molar-refractivity contribution in [3.63, 3.8) is 0 Å². The molecule has 2 N–H and O–H groups in total. The van der Waals surface area contributed by atoms with Gasteiger partial charge in [0.15, 0.2) is 0 Å². The van der Waals surface area contributed by atoms with Gasteiger partial charge in [0.05, 0.1) is 0 Å². The first-order valence-corrected chi connectivity index (χ1v) is 6.57. The van der Waals surface area contributed by atoms with Crippen molar-refractivity contribution < 1.29 is 4.79 Å². The van der Waals surface area contributed by atoms with Gasteiger partial charge in [0.25, 0.3) is 0 Å². The van der Waals surface area contributed by atoms with E-state index < -0.39 is 0 Å². The van der Waals surface area contributed by atoms with Gasteiger partial charge in [0.2, 0.25) is 5.91 Å². The van der Waals surface area contributed by atoms with E-state index in [2.05, 4.69) is 38.3 Å². The highest BCUT2D eigenvalue weighted by Crippen LogP contribution is 2.13. The number of amides is 1. The molecule has 0 fully saturated rings. The van der Waals surface area contributed by atoms with Crippen molar-refractivity contribution in [1.82, 2.24) is 10.6 Å². The lowest BCUT2D eigenvalue weighted by molar-refractivity contribution is -0.125. The van der Waals surface area contributed by atoms with E-state index in [4.69, 9.17) is 0 Å². The Bertz CT molecular complexity index is 190. The Hall–Kier alpha value is -0.570. The largest absolute Gasteiger partial charge is 0.353 e. The number of carbonyl (C=O) groups is 1. The minimum Gasteiger partial charge on any atom is -0.353 e. The Morgan fingerprint density at radius 3 is 2.12 bits per heavy atom. The van der Waals surface area contributed by atoms with Gasteiger partial charge < -0.3 is 10.6 Å². The Labute approximate surface area is 100 Å². The number of carbonyl (C=O) groups excluding carboxylic acids is 1. The van der Waals surface area contributed by atoms with E-state index in [-0.39, 0.29) is 17.9 Å². The summed E-state index contributed by atoms with van der Waals surface area (Å²) in [5, 5.41) is 6.31. The molecule has 0 aromatic rings. The first-order valence-electron chi connectivity index (χ1n) is 6.57. The SMILES string of the molecule is CCNCC(C)C(=O)NC(C)C(CC)CC. The zero-order chi connectivity index (χ0) is 12.6. The predicted octanol–water partition coefficient (Wildman–Crippen LogP) is 2.17. The standard InChI is InChI=1S/C13H28N2O/c1-6-12(7-2)11(5)15-13(16)10(4)9-14-8-3/h10-12,14H,6-9H2,1-5H3,(H,15,16). The lowest BCUT2D eigenvalue weighted by Crippen LogP contribution is -2.42. The van der Waals surface area contributed by atoms with Crippen LogP contribution in [0.2, 0.25) is 0 Å². The Kier molecular flexibility index (Phi) is 8.26. The summed E-state index contributed by atoms with van der Waals surface area (Å²) >= 11 is 0. The molecule has 0 aliphatic rings. The molecule has 0 aromatic heterocycles. The number of nitrogens with one attached hydrogen (secondary N) is 2. The molecule has 0 rings (SSSR count). The van der Waals surface area contributed by atoms with Gasteiger partial charge in [-0.2, -0.15) is 0 Å². The molecule has 16 heavy (non-hydrogen) atoms. The quantitative estimate of drug-likeness (QED) is 0.668. The van der Waals surface area contributed by atoms with Crippen LogP contribution in [0.3, 0.4) is 0 Å². The van der Waals surface area contributed by atoms with Crippen molar-refractivity contribution in [3.8, 4) is 0 Å². The highest BCUT2D eigenvalue weighted by Gasteiger charge is 2.18. The molecule has 0 heterocycles. The molecule has 3 heteroatoms. The van der Waals surface area contributed by atoms with Crippen LogP contribution in [0.5, 0.6) is 0 Å². The molecular weight excluding hydrogens is 200 g/mol. The van der Waals surface area contributed by atoms with E-state index in [9.17, 15) is 4.79 Å². The molecule has 3 nitrogen and oxygen atoms in total. The van der Waals surface area contributed by atoms with E-state index >= 15 is 0 Å². The van der Waals surface area contributed by atoms with Crippen molar-refractivity contribution in [2.75, 3.05) is 13.1 Å². The Morgan fingerprint density at radius 2 is 1.69 bits per heavy atom. The molecule has 0 aliphatic heterocycles. The van der Waals surface area contributed by atoms with Gasteiger partial charge in [0.1, 0.15) is 0 Å². The summed E-state index contributed by atoms with van der Waals surface area (Å²) in [7, 11) is 0. The molecule has 0 aliphatic carbocycles. The summed E-state index contributed by atoms with van der Waals surface area (Å²) in [5.74, 6) is 0.812. The summed E-state index contributed by atoms with van der Waals surface area (Å²) in [6.07, 6.45) is 2.25. The molecule has 96 valence electrons. The zero-order valence-electron chi connectivity index (χ0n) is 11.5. The topological polar surface area (TPSA) is 41.1 Å². The second-order valence-electron chi connectivity index (χ2n) is 4.58. The van der Waals surface area contributed by atoms with Crippen molar-refractivity contribution >= 4 is 5.91 Å². The molecule has 0 bridgehead atoms. The zero-order valence-corrected chi connectivity index (χ0v) is 11.5. The maximum atomic E-state index is 11.8. The third-order valence-corrected chi connectivity index (χ3v) is 3.27. The van der Waals surface area contributed by atoms with Gasteiger partial charge in [-0.05, 0) is 19.4 Å². The molecule has 2 atom stereocenters. The third-order valence-electron chi connectivity index (χ3n) is 3.27. The van der Waals surface area contributed by atoms with Crippen LogP contribution in [0, 0.1) is 11.8 Å².